The fraction of sp³-hybridized carbons (Fsp3) is 0.615. The summed E-state index contributed by atoms with van der Waals surface area (Å²) in [6.45, 7) is 1.13. The van der Waals surface area contributed by atoms with Gasteiger partial charge in [0.15, 0.2) is 5.69 Å². The Balaban J connectivity index is 1.33. The first-order chi connectivity index (χ1) is 19.9. The van der Waals surface area contributed by atoms with E-state index >= 15 is 0 Å². The van der Waals surface area contributed by atoms with Crippen molar-refractivity contribution in [1.29, 1.82) is 0 Å². The summed E-state index contributed by atoms with van der Waals surface area (Å²) < 4.78 is 72.2. The first-order valence-electron chi connectivity index (χ1n) is 13.8. The summed E-state index contributed by atoms with van der Waals surface area (Å²) in [7, 11) is 0. The van der Waals surface area contributed by atoms with Crippen LogP contribution in [0.15, 0.2) is 23.0 Å². The van der Waals surface area contributed by atoms with Crippen molar-refractivity contribution in [1.82, 2.24) is 30.8 Å². The Hall–Kier alpha value is -3.85. The number of alkyl halides is 5. The predicted molar refractivity (Wildman–Crippen MR) is 135 cm³/mol. The quantitative estimate of drug-likeness (QED) is 0.365. The molecule has 2 saturated carbocycles. The summed E-state index contributed by atoms with van der Waals surface area (Å²) >= 11 is 0. The normalized spacial score (nSPS) is 22.4. The van der Waals surface area contributed by atoms with Gasteiger partial charge in [-0.25, -0.2) is 23.2 Å². The lowest BCUT2D eigenvalue weighted by molar-refractivity contribution is -0.150. The molecule has 0 aromatic carbocycles. The number of rotatable bonds is 9. The van der Waals surface area contributed by atoms with E-state index in [1.54, 1.807) is 6.92 Å². The smallest absolute Gasteiger partial charge is 0.338 e. The molecule has 0 bridgehead atoms. The Labute approximate surface area is 236 Å². The van der Waals surface area contributed by atoms with Gasteiger partial charge in [-0.1, -0.05) is 12.1 Å². The summed E-state index contributed by atoms with van der Waals surface area (Å²) in [4.78, 5) is 44.2. The highest BCUT2D eigenvalue weighted by atomic mass is 19.4. The Morgan fingerprint density at radius 3 is 2.52 bits per heavy atom. The minimum atomic E-state index is -4.61. The summed E-state index contributed by atoms with van der Waals surface area (Å²) in [5.74, 6) is -4.86. The summed E-state index contributed by atoms with van der Waals surface area (Å²) in [5, 5.41) is 14.6. The molecule has 3 atom stereocenters. The zero-order valence-electron chi connectivity index (χ0n) is 22.6. The molecule has 3 heterocycles. The molecule has 3 N–H and O–H groups in total. The number of halogens is 5. The van der Waals surface area contributed by atoms with Crippen molar-refractivity contribution in [2.45, 2.75) is 88.0 Å². The molecule has 42 heavy (non-hydrogen) atoms. The van der Waals surface area contributed by atoms with Crippen LogP contribution in [0, 0.1) is 5.92 Å². The van der Waals surface area contributed by atoms with Crippen molar-refractivity contribution in [2.24, 2.45) is 5.92 Å². The maximum atomic E-state index is 13.9. The van der Waals surface area contributed by atoms with E-state index in [9.17, 15) is 36.3 Å². The monoisotopic (exact) mass is 599 g/mol. The van der Waals surface area contributed by atoms with Crippen molar-refractivity contribution in [3.8, 4) is 0 Å². The van der Waals surface area contributed by atoms with Gasteiger partial charge in [-0.3, -0.25) is 9.59 Å². The van der Waals surface area contributed by atoms with E-state index in [4.69, 9.17) is 4.63 Å². The summed E-state index contributed by atoms with van der Waals surface area (Å²) in [6.07, 6.45) is -2.30. The molecule has 0 spiro atoms. The van der Waals surface area contributed by atoms with Crippen molar-refractivity contribution < 1.29 is 41.0 Å². The number of nitrogens with one attached hydrogen (secondary N) is 3. The maximum absolute atomic E-state index is 13.9. The molecule has 3 fully saturated rings. The van der Waals surface area contributed by atoms with E-state index in [2.05, 4.69) is 25.9 Å². The topological polar surface area (TPSA) is 142 Å². The Kier molecular flexibility index (Phi) is 8.07. The Morgan fingerprint density at radius 1 is 1.19 bits per heavy atom. The van der Waals surface area contributed by atoms with Crippen molar-refractivity contribution in [3.63, 3.8) is 0 Å². The van der Waals surface area contributed by atoms with Crippen molar-refractivity contribution in [3.05, 3.63) is 35.3 Å². The van der Waals surface area contributed by atoms with Crippen LogP contribution in [0.2, 0.25) is 0 Å². The van der Waals surface area contributed by atoms with Gasteiger partial charge < -0.3 is 20.9 Å². The number of nitrogens with zero attached hydrogens (tertiary/aromatic N) is 4. The third-order valence-electron chi connectivity index (χ3n) is 8.01. The van der Waals surface area contributed by atoms with Crippen LogP contribution in [0.4, 0.5) is 32.6 Å². The molecule has 2 aromatic rings. The molecule has 16 heteroatoms. The van der Waals surface area contributed by atoms with Gasteiger partial charge in [0.05, 0.1) is 12.6 Å². The lowest BCUT2D eigenvalue weighted by Gasteiger charge is -2.33. The highest BCUT2D eigenvalue weighted by Gasteiger charge is 2.48. The number of hydrogen-bond donors (Lipinski definition) is 3. The minimum Gasteiger partial charge on any atom is -0.338 e. The van der Waals surface area contributed by atoms with E-state index in [-0.39, 0.29) is 36.7 Å². The van der Waals surface area contributed by atoms with Gasteiger partial charge in [0, 0.05) is 25.0 Å². The largest absolute Gasteiger partial charge is 0.410 e. The molecule has 4 amide bonds. The van der Waals surface area contributed by atoms with Crippen LogP contribution in [-0.4, -0.2) is 68.8 Å². The van der Waals surface area contributed by atoms with Gasteiger partial charge in [-0.15, -0.1) is 0 Å². The van der Waals surface area contributed by atoms with E-state index in [0.717, 1.165) is 17.7 Å². The Morgan fingerprint density at radius 2 is 1.90 bits per heavy atom. The van der Waals surface area contributed by atoms with Crippen LogP contribution in [0.5, 0.6) is 0 Å². The third-order valence-corrected chi connectivity index (χ3v) is 8.01. The summed E-state index contributed by atoms with van der Waals surface area (Å²) in [6, 6.07) is -1.88. The zero-order valence-corrected chi connectivity index (χ0v) is 22.6. The second kappa shape index (κ2) is 11.4. The van der Waals surface area contributed by atoms with Crippen LogP contribution in [0.1, 0.15) is 85.6 Å². The molecule has 3 aliphatic rings. The second-order valence-electron chi connectivity index (χ2n) is 11.0. The fourth-order valence-electron chi connectivity index (χ4n) is 5.55. The number of hydrogen-bond acceptors (Lipinski definition) is 7. The predicted octanol–water partition coefficient (Wildman–Crippen LogP) is 4.31. The SMILES string of the molecule is CC[C@H](c1ccnc(NC(=O)[C@@H](NC(=O)c2nonc2C2CC2)C2CCC(F)(F)CC2)c1)N1C[C@@H](C(F)(F)F)NC1=O. The number of urea groups is 1. The molecule has 2 aliphatic carbocycles. The first kappa shape index (κ1) is 29.6. The van der Waals surface area contributed by atoms with Crippen LogP contribution < -0.4 is 16.0 Å². The highest BCUT2D eigenvalue weighted by molar-refractivity contribution is 6.00. The van der Waals surface area contributed by atoms with Crippen LogP contribution in [0.3, 0.4) is 0 Å². The number of pyridine rings is 1. The van der Waals surface area contributed by atoms with E-state index < -0.39 is 73.4 Å². The third kappa shape index (κ3) is 6.46. The van der Waals surface area contributed by atoms with Crippen LogP contribution >= 0.6 is 0 Å². The number of amides is 4. The molecule has 5 rings (SSSR count). The molecular weight excluding hydrogens is 569 g/mol. The number of aromatic nitrogens is 3. The molecule has 11 nitrogen and oxygen atoms in total. The van der Waals surface area contributed by atoms with E-state index in [0.29, 0.717) is 11.3 Å². The Bertz CT molecular complexity index is 1320. The highest BCUT2D eigenvalue weighted by Crippen LogP contribution is 2.41. The lowest BCUT2D eigenvalue weighted by atomic mass is 9.81. The zero-order chi connectivity index (χ0) is 30.2. The lowest BCUT2D eigenvalue weighted by Crippen LogP contribution is -2.50. The van der Waals surface area contributed by atoms with Gasteiger partial charge in [-0.2, -0.15) is 13.2 Å². The average Bonchev–Trinajstić information content (AvgIpc) is 3.52. The molecular formula is C26H30F5N7O4. The molecule has 0 unspecified atom stereocenters. The summed E-state index contributed by atoms with van der Waals surface area (Å²) in [5.41, 5.74) is 0.741. The van der Waals surface area contributed by atoms with Gasteiger partial charge >= 0.3 is 12.2 Å². The van der Waals surface area contributed by atoms with Gasteiger partial charge in [0.2, 0.25) is 11.8 Å². The maximum Gasteiger partial charge on any atom is 0.410 e. The number of anilines is 1. The number of carbonyl (C=O) groups is 3. The first-order valence-corrected chi connectivity index (χ1v) is 13.8. The van der Waals surface area contributed by atoms with E-state index in [1.165, 1.54) is 18.3 Å². The van der Waals surface area contributed by atoms with Crippen molar-refractivity contribution >= 4 is 23.7 Å². The average molecular weight is 600 g/mol. The molecule has 228 valence electrons. The van der Waals surface area contributed by atoms with Gasteiger partial charge in [0.25, 0.3) is 5.91 Å². The molecule has 1 saturated heterocycles. The second-order valence-corrected chi connectivity index (χ2v) is 11.0. The van der Waals surface area contributed by atoms with Crippen molar-refractivity contribution in [2.75, 3.05) is 11.9 Å². The van der Waals surface area contributed by atoms with Gasteiger partial charge in [0.1, 0.15) is 23.6 Å². The molecule has 1 aliphatic heterocycles. The fourth-order valence-corrected chi connectivity index (χ4v) is 5.55. The number of carbonyl (C=O) groups excluding carboxylic acids is 3. The minimum absolute atomic E-state index is 0.0186. The molecule has 0 radical (unpaired) electrons. The molecule has 2 aromatic heterocycles. The van der Waals surface area contributed by atoms with Gasteiger partial charge in [-0.05, 0) is 60.9 Å². The van der Waals surface area contributed by atoms with E-state index in [1.807, 2.05) is 5.32 Å². The van der Waals surface area contributed by atoms with Crippen LogP contribution in [0.25, 0.3) is 0 Å². The standard InChI is InChI=1S/C26H30F5N7O4/c1-2-16(38-12-17(26(29,30)31)33-24(38)41)15-7-10-32-18(11-15)34-22(39)20(14-5-8-25(27,28)9-6-14)35-23(40)21-19(13-3-4-13)36-42-37-21/h7,10-11,13-14,16-17,20H,2-6,8-9,12H2,1H3,(H,33,41)(H,35,40)(H,32,34,39)/t16-,17+,20+/m1/s1. The van der Waals surface area contributed by atoms with Crippen LogP contribution in [-0.2, 0) is 4.79 Å².